The molecule has 0 bridgehead atoms. The van der Waals surface area contributed by atoms with Crippen LogP contribution in [-0.2, 0) is 25.7 Å². The number of halogens is 1. The van der Waals surface area contributed by atoms with Crippen LogP contribution in [0.2, 0.25) is 0 Å². The number of alkyl carbamates (subject to hydrolysis) is 1. The van der Waals surface area contributed by atoms with E-state index in [1.165, 1.54) is 6.92 Å². The highest BCUT2D eigenvalue weighted by atomic mass is 35.5. The van der Waals surface area contributed by atoms with Gasteiger partial charge in [0.25, 0.3) is 0 Å². The lowest BCUT2D eigenvalue weighted by atomic mass is 10.0. The van der Waals surface area contributed by atoms with Crippen molar-refractivity contribution in [2.45, 2.75) is 45.9 Å². The number of Topliss-reactive ketones (excluding diaryl/α,β-unsaturated/α-hetero) is 1. The lowest BCUT2D eigenvalue weighted by molar-refractivity contribution is -0.130. The van der Waals surface area contributed by atoms with E-state index in [0.717, 1.165) is 5.56 Å². The fourth-order valence-electron chi connectivity index (χ4n) is 2.42. The van der Waals surface area contributed by atoms with Crippen molar-refractivity contribution in [2.75, 3.05) is 12.4 Å². The maximum Gasteiger partial charge on any atom is 0.407 e. The van der Waals surface area contributed by atoms with Crippen LogP contribution in [-0.4, -0.2) is 48.2 Å². The Labute approximate surface area is 175 Å². The number of nitrogens with one attached hydrogen (secondary N) is 3. The molecule has 8 nitrogen and oxygen atoms in total. The van der Waals surface area contributed by atoms with Gasteiger partial charge in [0.2, 0.25) is 11.8 Å². The molecular weight excluding hydrogens is 398 g/mol. The molecule has 0 radical (unpaired) electrons. The molecule has 0 aliphatic rings. The van der Waals surface area contributed by atoms with Crippen LogP contribution < -0.4 is 16.0 Å². The molecule has 0 fully saturated rings. The molecule has 0 aliphatic heterocycles. The van der Waals surface area contributed by atoms with Crippen molar-refractivity contribution < 1.29 is 23.9 Å². The molecule has 1 rings (SSSR count). The average molecular weight is 426 g/mol. The van der Waals surface area contributed by atoms with E-state index in [1.54, 1.807) is 0 Å². The molecule has 0 spiro atoms. The number of carbonyl (C=O) groups is 4. The highest BCUT2D eigenvalue weighted by Crippen LogP contribution is 2.07. The van der Waals surface area contributed by atoms with Crippen molar-refractivity contribution in [3.8, 4) is 0 Å². The summed E-state index contributed by atoms with van der Waals surface area (Å²) in [6.07, 6.45) is -0.293. The molecule has 0 aliphatic carbocycles. The van der Waals surface area contributed by atoms with E-state index in [0.29, 0.717) is 6.42 Å². The molecule has 29 heavy (non-hydrogen) atoms. The minimum atomic E-state index is -0.887. The molecule has 3 amide bonds. The van der Waals surface area contributed by atoms with Crippen LogP contribution >= 0.6 is 11.6 Å². The second kappa shape index (κ2) is 12.8. The Bertz CT molecular complexity index is 697. The maximum atomic E-state index is 12.3. The van der Waals surface area contributed by atoms with Crippen molar-refractivity contribution in [1.82, 2.24) is 16.0 Å². The fourth-order valence-corrected chi connectivity index (χ4v) is 2.60. The molecule has 0 saturated heterocycles. The third kappa shape index (κ3) is 9.94. The molecule has 160 valence electrons. The van der Waals surface area contributed by atoms with Crippen LogP contribution in [0.4, 0.5) is 4.79 Å². The summed E-state index contributed by atoms with van der Waals surface area (Å²) in [5, 5.41) is 7.38. The van der Waals surface area contributed by atoms with Crippen molar-refractivity contribution in [1.29, 1.82) is 0 Å². The lowest BCUT2D eigenvalue weighted by Crippen LogP contribution is -2.52. The summed E-state index contributed by atoms with van der Waals surface area (Å²) in [5.74, 6) is -1.37. The van der Waals surface area contributed by atoms with Gasteiger partial charge < -0.3 is 20.7 Å². The van der Waals surface area contributed by atoms with Gasteiger partial charge in [-0.25, -0.2) is 4.79 Å². The van der Waals surface area contributed by atoms with Gasteiger partial charge >= 0.3 is 6.09 Å². The average Bonchev–Trinajstić information content (AvgIpc) is 2.69. The molecule has 9 heteroatoms. The molecular formula is C20H28ClN3O5. The molecule has 1 aromatic rings. The first-order chi connectivity index (χ1) is 13.7. The van der Waals surface area contributed by atoms with Crippen LogP contribution in [0.1, 0.15) is 32.8 Å². The van der Waals surface area contributed by atoms with E-state index in [2.05, 4.69) is 16.0 Å². The smallest absolute Gasteiger partial charge is 0.407 e. The number of ketones is 1. The Kier molecular flexibility index (Phi) is 10.8. The predicted octanol–water partition coefficient (Wildman–Crippen LogP) is 1.76. The van der Waals surface area contributed by atoms with Crippen LogP contribution in [0.3, 0.4) is 0 Å². The summed E-state index contributed by atoms with van der Waals surface area (Å²) in [7, 11) is 0. The second-order valence-electron chi connectivity index (χ2n) is 7.00. The quantitative estimate of drug-likeness (QED) is 0.467. The molecule has 2 atom stereocenters. The summed E-state index contributed by atoms with van der Waals surface area (Å²) in [5.41, 5.74) is 0.819. The molecule has 1 aromatic carbocycles. The van der Waals surface area contributed by atoms with E-state index in [4.69, 9.17) is 16.3 Å². The van der Waals surface area contributed by atoms with Gasteiger partial charge in [0, 0.05) is 0 Å². The second-order valence-corrected chi connectivity index (χ2v) is 7.26. The summed E-state index contributed by atoms with van der Waals surface area (Å²) in [4.78, 5) is 47.7. The summed E-state index contributed by atoms with van der Waals surface area (Å²) in [6.45, 7) is 5.07. The van der Waals surface area contributed by atoms with Gasteiger partial charge in [-0.05, 0) is 24.8 Å². The first-order valence-corrected chi connectivity index (χ1v) is 9.89. The zero-order valence-corrected chi connectivity index (χ0v) is 17.6. The van der Waals surface area contributed by atoms with Crippen LogP contribution in [0.25, 0.3) is 0 Å². The van der Waals surface area contributed by atoms with Gasteiger partial charge in [0.1, 0.15) is 19.2 Å². The van der Waals surface area contributed by atoms with Gasteiger partial charge in [0.05, 0.1) is 11.9 Å². The molecule has 0 unspecified atom stereocenters. The number of benzene rings is 1. The van der Waals surface area contributed by atoms with E-state index in [-0.39, 0.29) is 30.7 Å². The van der Waals surface area contributed by atoms with Crippen LogP contribution in [0, 0.1) is 5.92 Å². The summed E-state index contributed by atoms with van der Waals surface area (Å²) >= 11 is 5.59. The third-order valence-electron chi connectivity index (χ3n) is 3.92. The minimum absolute atomic E-state index is 0.0823. The van der Waals surface area contributed by atoms with Crippen LogP contribution in [0.5, 0.6) is 0 Å². The SMILES string of the molecule is CC(C)C[C@H](NC(=O)[C@H](C)NC(=O)CNC(=O)OCc1ccccc1)C(=O)CCl. The van der Waals surface area contributed by atoms with Crippen LogP contribution in [0.15, 0.2) is 30.3 Å². The Balaban J connectivity index is 2.38. The number of hydrogen-bond acceptors (Lipinski definition) is 5. The van der Waals surface area contributed by atoms with Gasteiger partial charge in [0.15, 0.2) is 5.78 Å². The van der Waals surface area contributed by atoms with Gasteiger partial charge in [-0.2, -0.15) is 0 Å². The Morgan fingerprint density at radius 1 is 1.03 bits per heavy atom. The molecule has 3 N–H and O–H groups in total. The van der Waals surface area contributed by atoms with Crippen molar-refractivity contribution >= 4 is 35.3 Å². The first kappa shape index (κ1) is 24.4. The minimum Gasteiger partial charge on any atom is -0.445 e. The first-order valence-electron chi connectivity index (χ1n) is 9.35. The fraction of sp³-hybridized carbons (Fsp3) is 0.500. The maximum absolute atomic E-state index is 12.3. The number of alkyl halides is 1. The Morgan fingerprint density at radius 3 is 2.28 bits per heavy atom. The van der Waals surface area contributed by atoms with Gasteiger partial charge in [-0.15, -0.1) is 11.6 Å². The van der Waals surface area contributed by atoms with E-state index < -0.39 is 30.0 Å². The number of hydrogen-bond donors (Lipinski definition) is 3. The Hall–Kier alpha value is -2.61. The monoisotopic (exact) mass is 425 g/mol. The zero-order chi connectivity index (χ0) is 21.8. The van der Waals surface area contributed by atoms with E-state index >= 15 is 0 Å². The number of rotatable bonds is 11. The standard InChI is InChI=1S/C20H28ClN3O5/c1-13(2)9-16(17(25)10-21)24-19(27)14(3)23-18(26)11-22-20(28)29-12-15-7-5-4-6-8-15/h4-8,13-14,16H,9-12H2,1-3H3,(H,22,28)(H,23,26)(H,24,27)/t14-,16-/m0/s1. The van der Waals surface area contributed by atoms with Crippen molar-refractivity contribution in [2.24, 2.45) is 5.92 Å². The Morgan fingerprint density at radius 2 is 1.69 bits per heavy atom. The lowest BCUT2D eigenvalue weighted by Gasteiger charge is -2.21. The van der Waals surface area contributed by atoms with Crippen molar-refractivity contribution in [3.63, 3.8) is 0 Å². The van der Waals surface area contributed by atoms with Gasteiger partial charge in [-0.1, -0.05) is 44.2 Å². The highest BCUT2D eigenvalue weighted by molar-refractivity contribution is 6.28. The van der Waals surface area contributed by atoms with Crippen molar-refractivity contribution in [3.05, 3.63) is 35.9 Å². The van der Waals surface area contributed by atoms with Gasteiger partial charge in [-0.3, -0.25) is 14.4 Å². The predicted molar refractivity (Wildman–Crippen MR) is 109 cm³/mol. The third-order valence-corrected chi connectivity index (χ3v) is 4.18. The highest BCUT2D eigenvalue weighted by Gasteiger charge is 2.24. The molecule has 0 aromatic heterocycles. The van der Waals surface area contributed by atoms with E-state index in [1.807, 2.05) is 44.2 Å². The number of carbonyl (C=O) groups excluding carboxylic acids is 4. The number of amides is 3. The molecule has 0 saturated carbocycles. The largest absolute Gasteiger partial charge is 0.445 e. The topological polar surface area (TPSA) is 114 Å². The van der Waals surface area contributed by atoms with E-state index in [9.17, 15) is 19.2 Å². The normalized spacial score (nSPS) is 12.6. The summed E-state index contributed by atoms with van der Waals surface area (Å²) in [6, 6.07) is 7.52. The summed E-state index contributed by atoms with van der Waals surface area (Å²) < 4.78 is 5.00. The zero-order valence-electron chi connectivity index (χ0n) is 16.9. The molecule has 0 heterocycles. The number of ether oxygens (including phenoxy) is 1.